The summed E-state index contributed by atoms with van der Waals surface area (Å²) in [6.07, 6.45) is 2.39. The Morgan fingerprint density at radius 3 is 2.74 bits per heavy atom. The van der Waals surface area contributed by atoms with Crippen molar-refractivity contribution < 1.29 is 9.59 Å². The lowest BCUT2D eigenvalue weighted by Gasteiger charge is -2.24. The fourth-order valence-electron chi connectivity index (χ4n) is 3.53. The highest BCUT2D eigenvalue weighted by Crippen LogP contribution is 2.32. The Morgan fingerprint density at radius 1 is 1.16 bits per heavy atom. The molecular weight excluding hydrogens is 392 g/mol. The average Bonchev–Trinajstić information content (AvgIpc) is 2.78. The van der Waals surface area contributed by atoms with Gasteiger partial charge in [-0.15, -0.1) is 0 Å². The zero-order chi connectivity index (χ0) is 21.8. The summed E-state index contributed by atoms with van der Waals surface area (Å²) in [6.45, 7) is 0.407. The van der Waals surface area contributed by atoms with E-state index in [0.717, 1.165) is 17.1 Å². The molecule has 8 nitrogen and oxygen atoms in total. The van der Waals surface area contributed by atoms with Crippen molar-refractivity contribution >= 4 is 23.3 Å². The summed E-state index contributed by atoms with van der Waals surface area (Å²) >= 11 is 0. The first-order valence-electron chi connectivity index (χ1n) is 10.1. The third-order valence-corrected chi connectivity index (χ3v) is 5.11. The van der Waals surface area contributed by atoms with E-state index in [1.165, 1.54) is 0 Å². The molecule has 1 aromatic carbocycles. The van der Waals surface area contributed by atoms with Gasteiger partial charge < -0.3 is 15.5 Å². The van der Waals surface area contributed by atoms with E-state index in [9.17, 15) is 9.59 Å². The van der Waals surface area contributed by atoms with Crippen LogP contribution >= 0.6 is 0 Å². The number of fused-ring (bicyclic) bond motifs is 1. The number of nitrogens with zero attached hydrogens (tertiary/aromatic N) is 4. The molecule has 1 aliphatic rings. The predicted molar refractivity (Wildman–Crippen MR) is 119 cm³/mol. The number of hydrogen-bond donors (Lipinski definition) is 2. The van der Waals surface area contributed by atoms with Gasteiger partial charge in [-0.3, -0.25) is 14.6 Å². The van der Waals surface area contributed by atoms with Gasteiger partial charge in [0, 0.05) is 57.1 Å². The molecule has 0 unspecified atom stereocenters. The van der Waals surface area contributed by atoms with Crippen LogP contribution in [0.3, 0.4) is 0 Å². The molecule has 4 rings (SSSR count). The van der Waals surface area contributed by atoms with Crippen LogP contribution in [0.5, 0.6) is 0 Å². The Bertz CT molecular complexity index is 1100. The maximum Gasteiger partial charge on any atom is 0.228 e. The molecule has 2 amide bonds. The molecule has 0 fully saturated rings. The van der Waals surface area contributed by atoms with E-state index < -0.39 is 5.92 Å². The Kier molecular flexibility index (Phi) is 5.88. The summed E-state index contributed by atoms with van der Waals surface area (Å²) in [5, 5.41) is 5.78. The van der Waals surface area contributed by atoms with Crippen LogP contribution in [0.25, 0.3) is 11.5 Å². The van der Waals surface area contributed by atoms with Gasteiger partial charge >= 0.3 is 0 Å². The van der Waals surface area contributed by atoms with Gasteiger partial charge in [0.15, 0.2) is 5.82 Å². The number of pyridine rings is 1. The molecule has 8 heteroatoms. The number of hydrogen-bond acceptors (Lipinski definition) is 6. The number of carbonyl (C=O) groups is 2. The lowest BCUT2D eigenvalue weighted by molar-refractivity contribution is -0.126. The molecule has 2 aromatic heterocycles. The first kappa shape index (κ1) is 20.5. The lowest BCUT2D eigenvalue weighted by atomic mass is 9.90. The molecule has 1 atom stereocenters. The molecule has 0 bridgehead atoms. The first-order valence-corrected chi connectivity index (χ1v) is 10.1. The van der Waals surface area contributed by atoms with E-state index in [-0.39, 0.29) is 18.2 Å². The smallest absolute Gasteiger partial charge is 0.228 e. The van der Waals surface area contributed by atoms with Crippen LogP contribution < -0.4 is 15.5 Å². The van der Waals surface area contributed by atoms with Gasteiger partial charge in [0.25, 0.3) is 0 Å². The Morgan fingerprint density at radius 2 is 1.97 bits per heavy atom. The van der Waals surface area contributed by atoms with Crippen molar-refractivity contribution in [2.45, 2.75) is 18.8 Å². The van der Waals surface area contributed by atoms with E-state index in [1.807, 2.05) is 67.5 Å². The molecule has 0 saturated carbocycles. The predicted octanol–water partition coefficient (Wildman–Crippen LogP) is 2.39. The molecule has 0 radical (unpaired) electrons. The van der Waals surface area contributed by atoms with Gasteiger partial charge in [0.2, 0.25) is 11.8 Å². The van der Waals surface area contributed by atoms with Gasteiger partial charge in [-0.1, -0.05) is 24.3 Å². The fraction of sp³-hybridized carbons (Fsp3) is 0.261. The summed E-state index contributed by atoms with van der Waals surface area (Å²) in [7, 11) is 3.84. The quantitative estimate of drug-likeness (QED) is 0.640. The number of benzene rings is 1. The minimum Gasteiger partial charge on any atom is -0.363 e. The lowest BCUT2D eigenvalue weighted by Crippen LogP contribution is -2.36. The number of anilines is 2. The standard InChI is InChI=1S/C23H24N6O2/c1-29(2)20-13-15(26-22(28-20)19-9-5-6-11-24-19)10-12-25-23(31)17-14-21(30)27-18-8-4-3-7-16(17)18/h3-9,11,13,17H,10,12,14H2,1-2H3,(H,25,31)(H,27,30)/t17-/m0/s1. The highest BCUT2D eigenvalue weighted by molar-refractivity contribution is 6.01. The second-order valence-corrected chi connectivity index (χ2v) is 7.58. The fourth-order valence-corrected chi connectivity index (χ4v) is 3.53. The zero-order valence-electron chi connectivity index (χ0n) is 17.5. The number of amides is 2. The van der Waals surface area contributed by atoms with Crippen LogP contribution in [0, 0.1) is 0 Å². The Balaban J connectivity index is 1.47. The van der Waals surface area contributed by atoms with Crippen molar-refractivity contribution in [3.8, 4) is 11.5 Å². The van der Waals surface area contributed by atoms with Crippen LogP contribution in [-0.2, 0) is 16.0 Å². The summed E-state index contributed by atoms with van der Waals surface area (Å²) in [5.74, 6) is 0.525. The molecule has 0 saturated heterocycles. The molecule has 158 valence electrons. The molecule has 0 aliphatic carbocycles. The van der Waals surface area contributed by atoms with Crippen LogP contribution in [0.2, 0.25) is 0 Å². The molecule has 31 heavy (non-hydrogen) atoms. The van der Waals surface area contributed by atoms with E-state index in [1.54, 1.807) is 6.20 Å². The molecular formula is C23H24N6O2. The van der Waals surface area contributed by atoms with Gasteiger partial charge in [-0.25, -0.2) is 9.97 Å². The Labute approximate surface area is 180 Å². The van der Waals surface area contributed by atoms with Crippen molar-refractivity contribution in [3.63, 3.8) is 0 Å². The van der Waals surface area contributed by atoms with Crippen LogP contribution in [0.4, 0.5) is 11.5 Å². The van der Waals surface area contributed by atoms with Crippen LogP contribution in [0.15, 0.2) is 54.7 Å². The molecule has 0 spiro atoms. The monoisotopic (exact) mass is 416 g/mol. The second kappa shape index (κ2) is 8.91. The highest BCUT2D eigenvalue weighted by Gasteiger charge is 2.30. The summed E-state index contributed by atoms with van der Waals surface area (Å²) in [6, 6.07) is 14.9. The molecule has 3 aromatic rings. The number of para-hydroxylation sites is 1. The van der Waals surface area contributed by atoms with Gasteiger partial charge in [0.05, 0.1) is 5.92 Å². The molecule has 3 heterocycles. The van der Waals surface area contributed by atoms with Crippen molar-refractivity contribution in [2.24, 2.45) is 0 Å². The minimum absolute atomic E-state index is 0.144. The summed E-state index contributed by atoms with van der Waals surface area (Å²) < 4.78 is 0. The van der Waals surface area contributed by atoms with Crippen LogP contribution in [-0.4, -0.2) is 47.4 Å². The number of rotatable bonds is 6. The van der Waals surface area contributed by atoms with Gasteiger partial charge in [-0.2, -0.15) is 0 Å². The zero-order valence-corrected chi connectivity index (χ0v) is 17.5. The van der Waals surface area contributed by atoms with Crippen molar-refractivity contribution in [2.75, 3.05) is 30.9 Å². The van der Waals surface area contributed by atoms with Crippen molar-refractivity contribution in [1.29, 1.82) is 0 Å². The van der Waals surface area contributed by atoms with Crippen molar-refractivity contribution in [1.82, 2.24) is 20.3 Å². The number of aromatic nitrogens is 3. The van der Waals surface area contributed by atoms with Crippen molar-refractivity contribution in [3.05, 3.63) is 66.0 Å². The number of carbonyl (C=O) groups excluding carboxylic acids is 2. The normalized spacial score (nSPS) is 15.0. The largest absolute Gasteiger partial charge is 0.363 e. The second-order valence-electron chi connectivity index (χ2n) is 7.58. The van der Waals surface area contributed by atoms with E-state index >= 15 is 0 Å². The first-order chi connectivity index (χ1) is 15.0. The minimum atomic E-state index is -0.489. The maximum atomic E-state index is 12.8. The van der Waals surface area contributed by atoms with Gasteiger partial charge in [0.1, 0.15) is 11.5 Å². The Hall–Kier alpha value is -3.81. The summed E-state index contributed by atoms with van der Waals surface area (Å²) in [5.41, 5.74) is 3.04. The topological polar surface area (TPSA) is 100 Å². The van der Waals surface area contributed by atoms with E-state index in [0.29, 0.717) is 30.2 Å². The van der Waals surface area contributed by atoms with E-state index in [4.69, 9.17) is 0 Å². The van der Waals surface area contributed by atoms with Gasteiger partial charge in [-0.05, 0) is 23.8 Å². The van der Waals surface area contributed by atoms with E-state index in [2.05, 4.69) is 25.6 Å². The SMILES string of the molecule is CN(C)c1cc(CCNC(=O)[C@H]2CC(=O)Nc3ccccc32)nc(-c2ccccn2)n1. The third kappa shape index (κ3) is 4.69. The highest BCUT2D eigenvalue weighted by atomic mass is 16.2. The number of nitrogens with one attached hydrogen (secondary N) is 2. The summed E-state index contributed by atoms with van der Waals surface area (Å²) in [4.78, 5) is 40.3. The average molecular weight is 416 g/mol. The van der Waals surface area contributed by atoms with Crippen LogP contribution in [0.1, 0.15) is 23.6 Å². The maximum absolute atomic E-state index is 12.8. The molecule has 1 aliphatic heterocycles. The molecule has 2 N–H and O–H groups in total. The third-order valence-electron chi connectivity index (χ3n) is 5.11.